The van der Waals surface area contributed by atoms with Crippen LogP contribution in [0.2, 0.25) is 0 Å². The standard InChI is InChI=1S/C12H23NO.C10H21NO.C10H19NO.C10H20O.C10H18O.C9H12.3C9H10.C9H20.C9H18.C8H10.C8H8.C6H13NO/c1-3-5-6-7-8-9-11-13-12(14)10-4-2;2*1-3-4-5-6-7-8-9-11-10(2)12;2*1-3-5-6-7-9-10(11)8-4-2;2*1-3-9-6-4-8(2)5-7-9;2*1-3-9-6-4-5-8(2)7-9;2*1-3-5-7-9-8-6-4-2;2*1-2-8-6-4-3-5-7-8;1-3-4-5-7-6(2)8/h3H,1,4-11H2,2H3,(H,13,14);3-9H2,1-2H3,(H,11,12);3H,1,4-9H2,2H3,(H,11,12);3-9H2,1-2H3;3H,1,4-9H2,2H3;4-7H,3H2,1-2H3;3*3-7H,1H2,2H3;3-9H2,1-2H3;3H,1,4-9H2,2H3;3-7H,2H2,1H3;2-7H,1H2;3-5H2,1-2H3,(H,7,8). The number of benzene rings is 6. The quantitative estimate of drug-likeness (QED) is 0.0221. The molecule has 0 spiro atoms. The van der Waals surface area contributed by atoms with Crippen LogP contribution in [0.25, 0.3) is 24.3 Å². The third-order valence-electron chi connectivity index (χ3n) is 21.0. The van der Waals surface area contributed by atoms with Crippen LogP contribution in [0.15, 0.2) is 235 Å². The molecule has 138 heavy (non-hydrogen) atoms. The summed E-state index contributed by atoms with van der Waals surface area (Å²) in [6.45, 7) is 69.4. The van der Waals surface area contributed by atoms with Gasteiger partial charge in [-0.1, -0.05) is 485 Å². The first-order valence-electron chi connectivity index (χ1n) is 54.1. The van der Waals surface area contributed by atoms with Crippen LogP contribution in [0.4, 0.5) is 0 Å². The van der Waals surface area contributed by atoms with Crippen LogP contribution in [-0.4, -0.2) is 61.4 Å². The molecule has 0 saturated heterocycles. The maximum atomic E-state index is 11.1. The van der Waals surface area contributed by atoms with E-state index in [-0.39, 0.29) is 23.6 Å². The molecule has 0 aliphatic carbocycles. The molecule has 780 valence electrons. The number of hydrogen-bond donors (Lipinski definition) is 4. The van der Waals surface area contributed by atoms with E-state index in [1.54, 1.807) is 13.8 Å². The van der Waals surface area contributed by atoms with Crippen LogP contribution >= 0.6 is 0 Å². The maximum absolute atomic E-state index is 11.1. The second-order valence-electron chi connectivity index (χ2n) is 35.0. The first-order chi connectivity index (χ1) is 66.7. The Kier molecular flexibility index (Phi) is 129. The number of rotatable bonds is 58. The zero-order chi connectivity index (χ0) is 105. The summed E-state index contributed by atoms with van der Waals surface area (Å²) >= 11 is 0. The van der Waals surface area contributed by atoms with Gasteiger partial charge < -0.3 is 21.3 Å². The van der Waals surface area contributed by atoms with Crippen LogP contribution < -0.4 is 21.3 Å². The van der Waals surface area contributed by atoms with Crippen molar-refractivity contribution in [3.8, 4) is 0 Å². The summed E-state index contributed by atoms with van der Waals surface area (Å²) in [5.74, 6) is 1.28. The third-order valence-corrected chi connectivity index (χ3v) is 21.0. The Labute approximate surface area is 853 Å². The largest absolute Gasteiger partial charge is 0.356 e. The van der Waals surface area contributed by atoms with Crippen LogP contribution in [0.1, 0.15) is 448 Å². The van der Waals surface area contributed by atoms with Gasteiger partial charge in [-0.2, -0.15) is 0 Å². The van der Waals surface area contributed by atoms with Gasteiger partial charge in [-0.3, -0.25) is 28.8 Å². The zero-order valence-electron chi connectivity index (χ0n) is 92.5. The summed E-state index contributed by atoms with van der Waals surface area (Å²) in [5, 5.41) is 11.2. The highest BCUT2D eigenvalue weighted by Gasteiger charge is 2.02. The molecule has 10 heteroatoms. The molecule has 4 amide bonds. The summed E-state index contributed by atoms with van der Waals surface area (Å²) < 4.78 is 0. The van der Waals surface area contributed by atoms with Gasteiger partial charge in [0.05, 0.1) is 0 Å². The number of aryl methyl sites for hydroxylation is 6. The highest BCUT2D eigenvalue weighted by molar-refractivity contribution is 5.78. The lowest BCUT2D eigenvalue weighted by atomic mass is 10.1. The monoisotopic (exact) mass is 1900 g/mol. The number of ketones is 2. The average molecular weight is 1900 g/mol. The maximum Gasteiger partial charge on any atom is 0.219 e. The third kappa shape index (κ3) is 131. The van der Waals surface area contributed by atoms with E-state index >= 15 is 0 Å². The van der Waals surface area contributed by atoms with Crippen molar-refractivity contribution in [3.63, 3.8) is 0 Å². The lowest BCUT2D eigenvalue weighted by Gasteiger charge is -2.03. The van der Waals surface area contributed by atoms with Crippen molar-refractivity contribution in [2.75, 3.05) is 26.2 Å². The topological polar surface area (TPSA) is 151 Å². The van der Waals surface area contributed by atoms with Crippen molar-refractivity contribution in [3.05, 3.63) is 290 Å². The van der Waals surface area contributed by atoms with Crippen LogP contribution in [-0.2, 0) is 41.6 Å². The Morgan fingerprint density at radius 3 is 0.775 bits per heavy atom. The van der Waals surface area contributed by atoms with Gasteiger partial charge in [-0.05, 0) is 183 Å². The number of allylic oxidation sites excluding steroid dienone is 4. The number of amides is 4. The van der Waals surface area contributed by atoms with E-state index in [4.69, 9.17) is 0 Å². The molecular weight excluding hydrogens is 1690 g/mol. The molecule has 10 nitrogen and oxygen atoms in total. The van der Waals surface area contributed by atoms with Crippen molar-refractivity contribution in [1.29, 1.82) is 0 Å². The van der Waals surface area contributed by atoms with E-state index in [1.807, 2.05) is 123 Å². The molecule has 0 atom stereocenters. The molecule has 6 rings (SSSR count). The Balaban J connectivity index is -0.000000220. The van der Waals surface area contributed by atoms with E-state index in [1.165, 1.54) is 236 Å². The second-order valence-corrected chi connectivity index (χ2v) is 35.0. The summed E-state index contributed by atoms with van der Waals surface area (Å²) in [6.07, 6.45) is 72.0. The fourth-order valence-electron chi connectivity index (χ4n) is 12.5. The zero-order valence-corrected chi connectivity index (χ0v) is 92.5. The van der Waals surface area contributed by atoms with Gasteiger partial charge in [0, 0.05) is 79.1 Å². The van der Waals surface area contributed by atoms with Gasteiger partial charge >= 0.3 is 0 Å². The summed E-state index contributed by atoms with van der Waals surface area (Å²) in [5.41, 5.74) is 12.8. The molecule has 0 fully saturated rings. The summed E-state index contributed by atoms with van der Waals surface area (Å²) in [4.78, 5) is 64.2. The van der Waals surface area contributed by atoms with Crippen LogP contribution in [0.3, 0.4) is 0 Å². The molecule has 0 aromatic heterocycles. The van der Waals surface area contributed by atoms with Crippen molar-refractivity contribution in [2.24, 2.45) is 0 Å². The molecule has 4 N–H and O–H groups in total. The summed E-state index contributed by atoms with van der Waals surface area (Å²) in [7, 11) is 0. The van der Waals surface area contributed by atoms with Gasteiger partial charge in [0.1, 0.15) is 11.6 Å². The molecule has 0 saturated carbocycles. The lowest BCUT2D eigenvalue weighted by molar-refractivity contribution is -0.121. The number of Topliss-reactive ketones (excluding diaryl/α,β-unsaturated/α-hetero) is 2. The van der Waals surface area contributed by atoms with Gasteiger partial charge in [0.25, 0.3) is 0 Å². The Morgan fingerprint density at radius 1 is 0.232 bits per heavy atom. The first kappa shape index (κ1) is 144. The highest BCUT2D eigenvalue weighted by atomic mass is 16.2. The predicted molar refractivity (Wildman–Crippen MR) is 620 cm³/mol. The average Bonchev–Trinajstić information content (AvgIpc) is 0.965. The minimum atomic E-state index is 0.0680. The molecule has 0 radical (unpaired) electrons. The Hall–Kier alpha value is -9.54. The Morgan fingerprint density at radius 2 is 0.493 bits per heavy atom. The van der Waals surface area contributed by atoms with E-state index < -0.39 is 0 Å². The number of carbonyl (C=O) groups is 6. The van der Waals surface area contributed by atoms with Crippen molar-refractivity contribution >= 4 is 59.5 Å². The minimum Gasteiger partial charge on any atom is -0.356 e. The molecule has 6 aromatic carbocycles. The SMILES string of the molecule is C=CCCCCC(=O)CCC.C=CCCCCCCC.C=CCCCCCCNC(=O)CCC.C=CCCCCCCNC(C)=O.C=Cc1ccc(C)cc1.C=Cc1cccc(C)c1.C=Cc1cccc(C)c1.C=Cc1ccccc1.CCCCCCC(=O)CCC.CCCCCCCCC.CCCCCCCCNC(C)=O.CCCCNC(C)=O.CCc1ccc(C)cc1.CCc1ccccc1. The molecule has 0 bridgehead atoms. The number of nitrogens with one attached hydrogen (secondary N) is 4. The lowest BCUT2D eigenvalue weighted by Crippen LogP contribution is -2.23. The van der Waals surface area contributed by atoms with Crippen LogP contribution in [0, 0.1) is 27.7 Å². The van der Waals surface area contributed by atoms with Gasteiger partial charge in [-0.25, -0.2) is 0 Å². The van der Waals surface area contributed by atoms with Gasteiger partial charge in [-0.15, -0.1) is 26.3 Å². The van der Waals surface area contributed by atoms with Gasteiger partial charge in [0.2, 0.25) is 23.6 Å². The van der Waals surface area contributed by atoms with Crippen molar-refractivity contribution < 1.29 is 28.8 Å². The molecule has 0 heterocycles. The van der Waals surface area contributed by atoms with E-state index in [2.05, 4.69) is 261 Å². The molecule has 0 unspecified atom stereocenters. The number of carbonyl (C=O) groups excluding carboxylic acids is 6. The highest BCUT2D eigenvalue weighted by Crippen LogP contribution is 2.13. The second kappa shape index (κ2) is 124. The van der Waals surface area contributed by atoms with Gasteiger partial charge in [0.15, 0.2) is 0 Å². The smallest absolute Gasteiger partial charge is 0.219 e. The minimum absolute atomic E-state index is 0.0680. The normalized spacial score (nSPS) is 9.41. The first-order valence-corrected chi connectivity index (χ1v) is 54.1. The molecule has 6 aromatic rings. The number of unbranched alkanes of at least 4 members (excludes halogenated alkanes) is 30. The van der Waals surface area contributed by atoms with Crippen molar-refractivity contribution in [1.82, 2.24) is 21.3 Å². The van der Waals surface area contributed by atoms with E-state index in [9.17, 15) is 28.8 Å². The van der Waals surface area contributed by atoms with E-state index in [0.29, 0.717) is 18.0 Å². The Bertz CT molecular complexity index is 3610. The predicted octanol–water partition coefficient (Wildman–Crippen LogP) is 37.5. The summed E-state index contributed by atoms with van der Waals surface area (Å²) in [6, 6.07) is 53.9. The molecule has 0 aliphatic rings. The van der Waals surface area contributed by atoms with Crippen molar-refractivity contribution in [2.45, 2.75) is 433 Å². The van der Waals surface area contributed by atoms with Crippen LogP contribution in [0.5, 0.6) is 0 Å². The molecule has 0 aliphatic heterocycles. The fourth-order valence-corrected chi connectivity index (χ4v) is 12.5. The number of hydrogen-bond acceptors (Lipinski definition) is 6. The fraction of sp³-hybridized carbons (Fsp3) is 0.547. The molecular formula is C128H212N4O6. The van der Waals surface area contributed by atoms with E-state index in [0.717, 1.165) is 155 Å².